The van der Waals surface area contributed by atoms with Crippen LogP contribution in [0.25, 0.3) is 22.0 Å². The summed E-state index contributed by atoms with van der Waals surface area (Å²) < 4.78 is 12.0. The van der Waals surface area contributed by atoms with E-state index in [2.05, 4.69) is 15.3 Å². The van der Waals surface area contributed by atoms with Gasteiger partial charge in [0.05, 0.1) is 22.0 Å². The Balaban J connectivity index is 1.39. The van der Waals surface area contributed by atoms with Crippen LogP contribution < -0.4 is 15.8 Å². The summed E-state index contributed by atoms with van der Waals surface area (Å²) in [5, 5.41) is 5.54. The molecule has 1 aliphatic rings. The maximum Gasteiger partial charge on any atom is 0.410 e. The predicted molar refractivity (Wildman–Crippen MR) is 158 cm³/mol. The number of anilines is 2. The molecule has 9 nitrogen and oxygen atoms in total. The molecule has 1 saturated heterocycles. The highest BCUT2D eigenvalue weighted by Gasteiger charge is 2.28. The minimum absolute atomic E-state index is 0.00301. The van der Waals surface area contributed by atoms with Gasteiger partial charge in [-0.1, -0.05) is 23.7 Å². The number of benzene rings is 2. The number of nitrogens with one attached hydrogen (secondary N) is 1. The SMILES string of the molecule is Cc1ccc2c(N)c(Cl)ccc2c1Oc1ncccc1-c1ccnc(NC2CCCN(C(=O)OC(C)(C)C)C2)n1. The number of nitrogens with zero attached hydrogens (tertiary/aromatic N) is 4. The number of nitrogens with two attached hydrogens (primary N) is 1. The first kappa shape index (κ1) is 27.5. The van der Waals surface area contributed by atoms with Crippen molar-refractivity contribution in [2.24, 2.45) is 0 Å². The number of piperidine rings is 1. The number of carbonyl (C=O) groups excluding carboxylic acids is 1. The van der Waals surface area contributed by atoms with E-state index in [-0.39, 0.29) is 12.1 Å². The fourth-order valence-electron chi connectivity index (χ4n) is 4.73. The lowest BCUT2D eigenvalue weighted by Crippen LogP contribution is -2.47. The molecule has 1 aliphatic heterocycles. The van der Waals surface area contributed by atoms with Crippen molar-refractivity contribution in [1.82, 2.24) is 19.9 Å². The van der Waals surface area contributed by atoms with Crippen LogP contribution in [0.4, 0.5) is 16.4 Å². The third kappa shape index (κ3) is 6.04. The highest BCUT2D eigenvalue weighted by molar-refractivity contribution is 6.34. The molecule has 0 saturated carbocycles. The van der Waals surface area contributed by atoms with Gasteiger partial charge in [-0.2, -0.15) is 0 Å². The van der Waals surface area contributed by atoms with Crippen molar-refractivity contribution in [2.45, 2.75) is 52.2 Å². The number of likely N-dealkylation sites (tertiary alicyclic amines) is 1. The van der Waals surface area contributed by atoms with E-state index < -0.39 is 5.60 Å². The average Bonchev–Trinajstić information content (AvgIpc) is 2.92. The topological polar surface area (TPSA) is 115 Å². The molecule has 4 aromatic rings. The minimum Gasteiger partial charge on any atom is -0.444 e. The molecule has 0 spiro atoms. The number of amides is 1. The number of hydrogen-bond acceptors (Lipinski definition) is 8. The second-order valence-electron chi connectivity index (χ2n) is 10.9. The van der Waals surface area contributed by atoms with Crippen molar-refractivity contribution in [1.29, 1.82) is 0 Å². The van der Waals surface area contributed by atoms with Gasteiger partial charge in [0.2, 0.25) is 11.8 Å². The van der Waals surface area contributed by atoms with E-state index >= 15 is 0 Å². The summed E-state index contributed by atoms with van der Waals surface area (Å²) in [6.45, 7) is 8.75. The Morgan fingerprint density at radius 2 is 1.90 bits per heavy atom. The van der Waals surface area contributed by atoms with Gasteiger partial charge in [0.15, 0.2) is 0 Å². The normalized spacial score (nSPS) is 15.6. The number of fused-ring (bicyclic) bond motifs is 1. The smallest absolute Gasteiger partial charge is 0.410 e. The van der Waals surface area contributed by atoms with Gasteiger partial charge in [0, 0.05) is 42.3 Å². The van der Waals surface area contributed by atoms with Crippen LogP contribution in [0.15, 0.2) is 54.9 Å². The molecule has 1 amide bonds. The second kappa shape index (κ2) is 11.2. The number of halogens is 1. The number of rotatable bonds is 5. The lowest BCUT2D eigenvalue weighted by Gasteiger charge is -2.34. The molecule has 2 aromatic heterocycles. The molecule has 1 fully saturated rings. The first-order valence-corrected chi connectivity index (χ1v) is 13.6. The Morgan fingerprint density at radius 1 is 1.10 bits per heavy atom. The third-order valence-corrected chi connectivity index (χ3v) is 6.97. The maximum absolute atomic E-state index is 12.6. The Hall–Kier alpha value is -4.11. The molecule has 2 aromatic carbocycles. The first-order chi connectivity index (χ1) is 19.1. The van der Waals surface area contributed by atoms with Crippen LogP contribution in [0.5, 0.6) is 11.6 Å². The standard InChI is InChI=1S/C30H33ClN6O3/c1-18-9-10-20-21(11-12-23(31)25(20)32)26(18)39-27-22(8-5-14-33-27)24-13-15-34-28(36-24)35-19-7-6-16-37(17-19)29(38)40-30(2,3)4/h5,8-15,19H,6-7,16-17,32H2,1-4H3,(H,34,35,36). The Labute approximate surface area is 238 Å². The molecular formula is C30H33ClN6O3. The monoisotopic (exact) mass is 560 g/mol. The van der Waals surface area contributed by atoms with E-state index in [9.17, 15) is 4.79 Å². The fourth-order valence-corrected chi connectivity index (χ4v) is 4.90. The zero-order chi connectivity index (χ0) is 28.4. The van der Waals surface area contributed by atoms with Crippen LogP contribution in [-0.4, -0.2) is 50.7 Å². The maximum atomic E-state index is 12.6. The molecule has 40 heavy (non-hydrogen) atoms. The van der Waals surface area contributed by atoms with Gasteiger partial charge in [-0.05, 0) is 76.4 Å². The molecule has 3 heterocycles. The number of pyridine rings is 1. The Kier molecular flexibility index (Phi) is 7.67. The molecule has 0 radical (unpaired) electrons. The van der Waals surface area contributed by atoms with Crippen LogP contribution in [-0.2, 0) is 4.74 Å². The van der Waals surface area contributed by atoms with Crippen LogP contribution in [0, 0.1) is 6.92 Å². The van der Waals surface area contributed by atoms with Crippen LogP contribution in [0.3, 0.4) is 0 Å². The van der Waals surface area contributed by atoms with Crippen molar-refractivity contribution >= 4 is 40.1 Å². The number of hydrogen-bond donors (Lipinski definition) is 2. The summed E-state index contributed by atoms with van der Waals surface area (Å²) >= 11 is 6.25. The van der Waals surface area contributed by atoms with Gasteiger partial charge < -0.3 is 25.4 Å². The lowest BCUT2D eigenvalue weighted by molar-refractivity contribution is 0.0206. The molecule has 0 aliphatic carbocycles. The zero-order valence-electron chi connectivity index (χ0n) is 23.1. The summed E-state index contributed by atoms with van der Waals surface area (Å²) in [6.07, 6.45) is 4.82. The largest absolute Gasteiger partial charge is 0.444 e. The number of aromatic nitrogens is 3. The molecule has 1 atom stereocenters. The second-order valence-corrected chi connectivity index (χ2v) is 11.3. The van der Waals surface area contributed by atoms with Gasteiger partial charge in [0.1, 0.15) is 11.4 Å². The number of nitrogen functional groups attached to an aromatic ring is 1. The molecule has 3 N–H and O–H groups in total. The zero-order valence-corrected chi connectivity index (χ0v) is 23.8. The fraction of sp³-hybridized carbons (Fsp3) is 0.333. The van der Waals surface area contributed by atoms with E-state index in [1.807, 2.05) is 64.1 Å². The van der Waals surface area contributed by atoms with E-state index in [1.54, 1.807) is 23.4 Å². The quantitative estimate of drug-likeness (QED) is 0.255. The molecular weight excluding hydrogens is 528 g/mol. The summed E-state index contributed by atoms with van der Waals surface area (Å²) in [5.41, 5.74) is 8.51. The van der Waals surface area contributed by atoms with Crippen LogP contribution in [0.1, 0.15) is 39.2 Å². The first-order valence-electron chi connectivity index (χ1n) is 13.3. The Morgan fingerprint density at radius 3 is 2.70 bits per heavy atom. The van der Waals surface area contributed by atoms with E-state index in [4.69, 9.17) is 31.8 Å². The van der Waals surface area contributed by atoms with E-state index in [1.165, 1.54) is 0 Å². The minimum atomic E-state index is -0.539. The lowest BCUT2D eigenvalue weighted by atomic mass is 10.0. The van der Waals surface area contributed by atoms with Crippen LogP contribution >= 0.6 is 11.6 Å². The van der Waals surface area contributed by atoms with Gasteiger partial charge in [-0.15, -0.1) is 0 Å². The molecule has 0 bridgehead atoms. The third-order valence-electron chi connectivity index (χ3n) is 6.64. The molecule has 208 valence electrons. The number of aryl methyl sites for hydroxylation is 1. The Bertz CT molecular complexity index is 1550. The summed E-state index contributed by atoms with van der Waals surface area (Å²) in [4.78, 5) is 28.0. The highest BCUT2D eigenvalue weighted by atomic mass is 35.5. The van der Waals surface area contributed by atoms with Crippen molar-refractivity contribution in [3.8, 4) is 22.9 Å². The van der Waals surface area contributed by atoms with Crippen molar-refractivity contribution in [3.05, 3.63) is 65.4 Å². The van der Waals surface area contributed by atoms with Crippen molar-refractivity contribution < 1.29 is 14.3 Å². The predicted octanol–water partition coefficient (Wildman–Crippen LogP) is 6.84. The molecule has 10 heteroatoms. The van der Waals surface area contributed by atoms with Gasteiger partial charge >= 0.3 is 6.09 Å². The summed E-state index contributed by atoms with van der Waals surface area (Å²) in [5.74, 6) is 1.52. The van der Waals surface area contributed by atoms with Crippen LogP contribution in [0.2, 0.25) is 5.02 Å². The number of ether oxygens (including phenoxy) is 2. The average molecular weight is 561 g/mol. The van der Waals surface area contributed by atoms with Gasteiger partial charge in [-0.25, -0.2) is 19.7 Å². The van der Waals surface area contributed by atoms with E-state index in [0.29, 0.717) is 52.6 Å². The molecule has 1 unspecified atom stereocenters. The van der Waals surface area contributed by atoms with Crippen molar-refractivity contribution in [2.75, 3.05) is 24.1 Å². The van der Waals surface area contributed by atoms with Crippen molar-refractivity contribution in [3.63, 3.8) is 0 Å². The highest BCUT2D eigenvalue weighted by Crippen LogP contribution is 2.39. The van der Waals surface area contributed by atoms with Gasteiger partial charge in [-0.3, -0.25) is 0 Å². The number of carbonyl (C=O) groups is 1. The van der Waals surface area contributed by atoms with Gasteiger partial charge in [0.25, 0.3) is 0 Å². The van der Waals surface area contributed by atoms with E-state index in [0.717, 1.165) is 29.2 Å². The summed E-state index contributed by atoms with van der Waals surface area (Å²) in [6, 6.07) is 13.1. The summed E-state index contributed by atoms with van der Waals surface area (Å²) in [7, 11) is 0. The molecule has 5 rings (SSSR count).